The fraction of sp³-hybridized carbons (Fsp3) is 0.0192. The summed E-state index contributed by atoms with van der Waals surface area (Å²) >= 11 is -4.23. The number of para-hydroxylation sites is 3. The molecule has 0 amide bonds. The van der Waals surface area contributed by atoms with Gasteiger partial charge in [0, 0.05) is 58.9 Å². The molecule has 13 heteroatoms. The summed E-state index contributed by atoms with van der Waals surface area (Å²) in [6, 6.07) is 64.4. The van der Waals surface area contributed by atoms with Crippen LogP contribution in [-0.2, 0) is 26.6 Å². The molecule has 0 saturated heterocycles. The second-order valence-corrected chi connectivity index (χ2v) is 21.6. The van der Waals surface area contributed by atoms with Gasteiger partial charge in [0.1, 0.15) is 0 Å². The van der Waals surface area contributed by atoms with Crippen LogP contribution >= 0.6 is 0 Å². The van der Waals surface area contributed by atoms with E-state index in [2.05, 4.69) is 0 Å². The van der Waals surface area contributed by atoms with Crippen LogP contribution in [0.4, 0.5) is 17.1 Å². The minimum absolute atomic E-state index is 0.0268. The standard InChI is InChI=1S/C18H15N2.2C17H13N2O2S.Al/c1-2-8-15(9-3-1)14-20-18-11-5-4-10-16(18)17-12-6-7-13-19-17;2*20-22(21,14-8-2-1-3-9-14)19-17-12-5-4-10-15(17)16-11-6-7-13-18-16;/h1-13H,14H2;2*1-13H;/q3*-1;+3. The monoisotopic (exact) mass is 904 g/mol. The molecule has 0 aliphatic rings. The zero-order valence-electron chi connectivity index (χ0n) is 34.9. The summed E-state index contributed by atoms with van der Waals surface area (Å²) in [6.45, 7) is 0.0840. The third-order valence-corrected chi connectivity index (χ3v) is 19.2. The Morgan fingerprint density at radius 2 is 0.677 bits per heavy atom. The molecule has 0 bridgehead atoms. The molecule has 3 aromatic heterocycles. The lowest BCUT2D eigenvalue weighted by molar-refractivity contribution is 0.596. The van der Waals surface area contributed by atoms with Gasteiger partial charge in [-0.05, 0) is 84.4 Å². The van der Waals surface area contributed by atoms with Gasteiger partial charge in [0.2, 0.25) is 20.0 Å². The van der Waals surface area contributed by atoms with E-state index < -0.39 is 34.9 Å². The van der Waals surface area contributed by atoms with Gasteiger partial charge in [-0.1, -0.05) is 140 Å². The molecule has 0 radical (unpaired) electrons. The summed E-state index contributed by atoms with van der Waals surface area (Å²) in [5.74, 6) is 0. The number of hydrogen-bond acceptors (Lipinski definition) is 8. The zero-order chi connectivity index (χ0) is 44.6. The molecule has 10 nitrogen and oxygen atoms in total. The van der Waals surface area contributed by atoms with E-state index in [1.165, 1.54) is 6.58 Å². The van der Waals surface area contributed by atoms with Crippen LogP contribution < -0.4 is 10.5 Å². The van der Waals surface area contributed by atoms with E-state index >= 15 is 16.8 Å². The van der Waals surface area contributed by atoms with Gasteiger partial charge in [-0.15, -0.1) is 0 Å². The average Bonchev–Trinajstić information content (AvgIpc) is 3.37. The van der Waals surface area contributed by atoms with Crippen LogP contribution in [0.1, 0.15) is 5.56 Å². The van der Waals surface area contributed by atoms with Crippen molar-refractivity contribution >= 4 is 51.9 Å². The van der Waals surface area contributed by atoms with Crippen molar-refractivity contribution in [2.75, 3.05) is 10.5 Å². The van der Waals surface area contributed by atoms with Crippen molar-refractivity contribution in [3.63, 3.8) is 0 Å². The first-order valence-electron chi connectivity index (χ1n) is 20.8. The molecule has 0 atom stereocenters. The van der Waals surface area contributed by atoms with Gasteiger partial charge in [-0.3, -0.25) is 15.0 Å². The molecule has 65 heavy (non-hydrogen) atoms. The van der Waals surface area contributed by atoms with Crippen molar-refractivity contribution in [2.45, 2.75) is 16.3 Å². The van der Waals surface area contributed by atoms with Crippen LogP contribution in [0.2, 0.25) is 0 Å². The van der Waals surface area contributed by atoms with E-state index in [1.807, 2.05) is 125 Å². The van der Waals surface area contributed by atoms with Crippen molar-refractivity contribution in [2.24, 2.45) is 0 Å². The lowest BCUT2D eigenvalue weighted by atomic mass is 10.1. The number of benzene rings is 6. The molecule has 0 saturated carbocycles. The first kappa shape index (κ1) is 42.9. The largest absolute Gasteiger partial charge is 0.772 e. The molecular weight excluding hydrogens is 864 g/mol. The van der Waals surface area contributed by atoms with Crippen molar-refractivity contribution in [1.82, 2.24) is 15.0 Å². The van der Waals surface area contributed by atoms with Crippen LogP contribution in [0, 0.1) is 0 Å². The molecule has 0 unspecified atom stereocenters. The number of anilines is 3. The summed E-state index contributed by atoms with van der Waals surface area (Å²) in [6.07, 6.45) is 5.00. The molecule has 9 rings (SSSR count). The molecule has 6 aromatic carbocycles. The Bertz CT molecular complexity index is 3080. The third-order valence-electron chi connectivity index (χ3n) is 10.8. The number of rotatable bonds is 15. The minimum Gasteiger partial charge on any atom is -0.420 e. The van der Waals surface area contributed by atoms with Crippen LogP contribution in [0.15, 0.2) is 247 Å². The Morgan fingerprint density at radius 1 is 0.354 bits per heavy atom. The van der Waals surface area contributed by atoms with Crippen LogP contribution in [0.3, 0.4) is 0 Å². The highest BCUT2D eigenvalue weighted by Crippen LogP contribution is 2.43. The highest BCUT2D eigenvalue weighted by Gasteiger charge is 2.56. The van der Waals surface area contributed by atoms with Crippen molar-refractivity contribution in [3.05, 3.63) is 243 Å². The first-order chi connectivity index (χ1) is 31.8. The highest BCUT2D eigenvalue weighted by molar-refractivity contribution is 7.97. The van der Waals surface area contributed by atoms with Gasteiger partial charge in [-0.25, -0.2) is 16.8 Å². The molecular formula is C52H41AlN6O4S2. The second kappa shape index (κ2) is 19.1. The van der Waals surface area contributed by atoms with Gasteiger partial charge < -0.3 is 10.5 Å². The van der Waals surface area contributed by atoms with E-state index in [0.717, 1.165) is 5.56 Å². The number of aromatic nitrogens is 3. The number of pyridine rings is 3. The van der Waals surface area contributed by atoms with E-state index in [9.17, 15) is 0 Å². The van der Waals surface area contributed by atoms with E-state index in [4.69, 9.17) is 15.0 Å². The molecule has 0 aliphatic heterocycles. The Kier molecular flexibility index (Phi) is 12.6. The topological polar surface area (TPSA) is 117 Å². The van der Waals surface area contributed by atoms with E-state index in [-0.39, 0.29) is 27.7 Å². The maximum Gasteiger partial charge on any atom is 0.772 e. The predicted molar refractivity (Wildman–Crippen MR) is 260 cm³/mol. The van der Waals surface area contributed by atoms with Gasteiger partial charge >= 0.3 is 14.8 Å². The summed E-state index contributed by atoms with van der Waals surface area (Å²) in [4.78, 5) is 14.2. The predicted octanol–water partition coefficient (Wildman–Crippen LogP) is 10.7. The summed E-state index contributed by atoms with van der Waals surface area (Å²) in [7, 11) is -9.38. The fourth-order valence-electron chi connectivity index (χ4n) is 7.86. The highest BCUT2D eigenvalue weighted by atomic mass is 32.2. The average molecular weight is 905 g/mol. The van der Waals surface area contributed by atoms with Crippen LogP contribution in [-0.4, -0.2) is 46.6 Å². The summed E-state index contributed by atoms with van der Waals surface area (Å²) < 4.78 is 70.0. The van der Waals surface area contributed by atoms with E-state index in [1.54, 1.807) is 116 Å². The minimum atomic E-state index is -4.69. The van der Waals surface area contributed by atoms with Crippen molar-refractivity contribution in [3.8, 4) is 33.8 Å². The van der Waals surface area contributed by atoms with Gasteiger partial charge in [-0.2, -0.15) is 0 Å². The number of nitrogens with zero attached hydrogens (tertiary/aromatic N) is 6. The maximum absolute atomic E-state index is 16.3. The van der Waals surface area contributed by atoms with Gasteiger partial charge in [0.25, 0.3) is 0 Å². The van der Waals surface area contributed by atoms with Crippen LogP contribution in [0.5, 0.6) is 0 Å². The molecule has 318 valence electrons. The quantitative estimate of drug-likeness (QED) is 0.0934. The van der Waals surface area contributed by atoms with Gasteiger partial charge in [0.05, 0.1) is 26.9 Å². The summed E-state index contributed by atoms with van der Waals surface area (Å²) in [5.41, 5.74) is 5.11. The molecule has 0 spiro atoms. The first-order valence-corrected chi connectivity index (χ1v) is 25.3. The number of hydrogen-bond donors (Lipinski definition) is 0. The zero-order valence-corrected chi connectivity index (χ0v) is 37.7. The smallest absolute Gasteiger partial charge is 0.420 e. The molecule has 0 aliphatic carbocycles. The molecule has 0 N–H and O–H groups in total. The Balaban J connectivity index is 1.48. The molecule has 3 heterocycles. The normalized spacial score (nSPS) is 11.4. The lowest BCUT2D eigenvalue weighted by Crippen LogP contribution is -2.67. The Hall–Kier alpha value is -7.40. The SMILES string of the molecule is O=S(=O)(c1ccccc1)[N](c1ccccc1-c1ccccn1)[Al]([N](Cc1ccccc1)c1ccccc1-c1ccccn1)[N](c1ccccc1-c1ccccn1)S(=O)(=O)c1ccccc1. The summed E-state index contributed by atoms with van der Waals surface area (Å²) in [5, 5.41) is 0. The van der Waals surface area contributed by atoms with Crippen molar-refractivity contribution in [1.29, 1.82) is 0 Å². The number of sulfonamides is 2. The second-order valence-electron chi connectivity index (χ2n) is 14.9. The van der Waals surface area contributed by atoms with E-state index in [0.29, 0.717) is 39.5 Å². The molecule has 9 aromatic rings. The molecule has 0 fully saturated rings. The third kappa shape index (κ3) is 8.91. The Labute approximate surface area is 384 Å². The Morgan fingerprint density at radius 3 is 1.06 bits per heavy atom. The van der Waals surface area contributed by atoms with Crippen molar-refractivity contribution < 1.29 is 16.8 Å². The van der Waals surface area contributed by atoms with Crippen LogP contribution in [0.25, 0.3) is 33.8 Å². The maximum atomic E-state index is 16.3. The fourth-order valence-corrected chi connectivity index (χ4v) is 16.8. The van der Waals surface area contributed by atoms with Gasteiger partial charge in [0.15, 0.2) is 0 Å². The lowest BCUT2D eigenvalue weighted by Gasteiger charge is -2.44.